The second kappa shape index (κ2) is 7.50. The Bertz CT molecular complexity index is 1020. The summed E-state index contributed by atoms with van der Waals surface area (Å²) in [5.74, 6) is -0.690. The fraction of sp³-hybridized carbons (Fsp3) is 0.176. The molecule has 0 spiro atoms. The number of imidazole rings is 1. The van der Waals surface area contributed by atoms with Gasteiger partial charge in [0.15, 0.2) is 5.16 Å². The number of amides is 1. The SMILES string of the molecule is C[C@H](Sc1nc2ccccc2[nH]1)C(=O)Nc1ccc([N+](=O)[O-])cc1C(F)(F)F. The van der Waals surface area contributed by atoms with E-state index in [0.717, 1.165) is 29.4 Å². The van der Waals surface area contributed by atoms with Crippen LogP contribution in [0.3, 0.4) is 0 Å². The Balaban J connectivity index is 1.78. The number of non-ortho nitro benzene ring substituents is 1. The molecule has 1 amide bonds. The van der Waals surface area contributed by atoms with E-state index in [9.17, 15) is 28.1 Å². The van der Waals surface area contributed by atoms with E-state index in [1.54, 1.807) is 12.1 Å². The normalized spacial score (nSPS) is 12.7. The Morgan fingerprint density at radius 3 is 2.64 bits per heavy atom. The molecule has 0 unspecified atom stereocenters. The number of nitrogens with zero attached hydrogens (tertiary/aromatic N) is 2. The van der Waals surface area contributed by atoms with Crippen LogP contribution in [0, 0.1) is 10.1 Å². The van der Waals surface area contributed by atoms with Crippen LogP contribution < -0.4 is 5.32 Å². The molecule has 7 nitrogen and oxygen atoms in total. The van der Waals surface area contributed by atoms with Crippen molar-refractivity contribution >= 4 is 40.1 Å². The van der Waals surface area contributed by atoms with E-state index < -0.39 is 39.2 Å². The molecule has 0 radical (unpaired) electrons. The highest BCUT2D eigenvalue weighted by atomic mass is 32.2. The van der Waals surface area contributed by atoms with Crippen molar-refractivity contribution in [2.75, 3.05) is 5.32 Å². The Morgan fingerprint density at radius 1 is 1.29 bits per heavy atom. The molecule has 0 aliphatic heterocycles. The average molecular weight is 410 g/mol. The molecule has 2 aromatic carbocycles. The lowest BCUT2D eigenvalue weighted by Gasteiger charge is -2.15. The van der Waals surface area contributed by atoms with Crippen LogP contribution in [0.15, 0.2) is 47.6 Å². The van der Waals surface area contributed by atoms with Crippen LogP contribution in [-0.2, 0) is 11.0 Å². The number of H-pyrrole nitrogens is 1. The van der Waals surface area contributed by atoms with Crippen molar-refractivity contribution in [3.8, 4) is 0 Å². The third-order valence-corrected chi connectivity index (χ3v) is 4.79. The number of hydrogen-bond acceptors (Lipinski definition) is 5. The Morgan fingerprint density at radius 2 is 2.00 bits per heavy atom. The van der Waals surface area contributed by atoms with Crippen molar-refractivity contribution < 1.29 is 22.9 Å². The molecule has 0 saturated carbocycles. The van der Waals surface area contributed by atoms with Gasteiger partial charge in [0.2, 0.25) is 5.91 Å². The summed E-state index contributed by atoms with van der Waals surface area (Å²) in [7, 11) is 0. The summed E-state index contributed by atoms with van der Waals surface area (Å²) in [6, 6.07) is 9.39. The molecule has 146 valence electrons. The van der Waals surface area contributed by atoms with Gasteiger partial charge in [-0.1, -0.05) is 23.9 Å². The standard InChI is InChI=1S/C17H13F3N4O3S/c1-9(28-16-22-13-4-2-3-5-14(13)23-16)15(25)21-12-7-6-10(24(26)27)8-11(12)17(18,19)20/h2-9H,1H3,(H,21,25)(H,22,23)/t9-/m0/s1. The van der Waals surface area contributed by atoms with Gasteiger partial charge in [0.1, 0.15) is 0 Å². The third kappa shape index (κ3) is 4.25. The monoisotopic (exact) mass is 410 g/mol. The highest BCUT2D eigenvalue weighted by Gasteiger charge is 2.36. The molecule has 0 saturated heterocycles. The Labute approximate surface area is 160 Å². The van der Waals surface area contributed by atoms with Crippen LogP contribution in [0.2, 0.25) is 0 Å². The van der Waals surface area contributed by atoms with E-state index in [0.29, 0.717) is 16.7 Å². The van der Waals surface area contributed by atoms with Gasteiger partial charge in [-0.25, -0.2) is 4.98 Å². The average Bonchev–Trinajstić information content (AvgIpc) is 3.03. The van der Waals surface area contributed by atoms with Gasteiger partial charge in [0.25, 0.3) is 5.69 Å². The molecule has 1 heterocycles. The summed E-state index contributed by atoms with van der Waals surface area (Å²) in [5, 5.41) is 12.6. The number of fused-ring (bicyclic) bond motifs is 1. The number of thioether (sulfide) groups is 1. The second-order valence-corrected chi connectivity index (χ2v) is 7.12. The van der Waals surface area contributed by atoms with Crippen molar-refractivity contribution in [1.29, 1.82) is 0 Å². The molecule has 0 bridgehead atoms. The van der Waals surface area contributed by atoms with Crippen LogP contribution in [0.25, 0.3) is 11.0 Å². The lowest BCUT2D eigenvalue weighted by atomic mass is 10.1. The zero-order valence-corrected chi connectivity index (χ0v) is 15.1. The summed E-state index contributed by atoms with van der Waals surface area (Å²) in [5.41, 5.74) is -1.06. The van der Waals surface area contributed by atoms with Gasteiger partial charge >= 0.3 is 6.18 Å². The number of para-hydroxylation sites is 2. The largest absolute Gasteiger partial charge is 0.418 e. The number of nitrogens with one attached hydrogen (secondary N) is 2. The minimum absolute atomic E-state index is 0.396. The molecule has 1 aromatic heterocycles. The number of benzene rings is 2. The van der Waals surface area contributed by atoms with Gasteiger partial charge < -0.3 is 10.3 Å². The highest BCUT2D eigenvalue weighted by molar-refractivity contribution is 8.00. The smallest absolute Gasteiger partial charge is 0.333 e. The van der Waals surface area contributed by atoms with Gasteiger partial charge in [0.05, 0.1) is 32.5 Å². The molecule has 0 aliphatic carbocycles. The Kier molecular flexibility index (Phi) is 5.27. The number of halogens is 3. The van der Waals surface area contributed by atoms with E-state index in [-0.39, 0.29) is 0 Å². The maximum Gasteiger partial charge on any atom is 0.418 e. The quantitative estimate of drug-likeness (QED) is 0.363. The number of carbonyl (C=O) groups excluding carboxylic acids is 1. The van der Waals surface area contributed by atoms with Crippen molar-refractivity contribution in [2.24, 2.45) is 0 Å². The van der Waals surface area contributed by atoms with Crippen LogP contribution in [0.5, 0.6) is 0 Å². The van der Waals surface area contributed by atoms with Gasteiger partial charge in [-0.3, -0.25) is 14.9 Å². The molecular weight excluding hydrogens is 397 g/mol. The van der Waals surface area contributed by atoms with Gasteiger partial charge in [-0.2, -0.15) is 13.2 Å². The van der Waals surface area contributed by atoms with Crippen LogP contribution in [0.1, 0.15) is 12.5 Å². The van der Waals surface area contributed by atoms with Crippen LogP contribution in [0.4, 0.5) is 24.5 Å². The summed E-state index contributed by atoms with van der Waals surface area (Å²) in [4.78, 5) is 29.5. The van der Waals surface area contributed by atoms with E-state index in [1.165, 1.54) is 6.92 Å². The number of aromatic nitrogens is 2. The first-order valence-corrected chi connectivity index (χ1v) is 8.81. The number of anilines is 1. The fourth-order valence-corrected chi connectivity index (χ4v) is 3.25. The summed E-state index contributed by atoms with van der Waals surface area (Å²) in [6.45, 7) is 1.52. The number of alkyl halides is 3. The zero-order valence-electron chi connectivity index (χ0n) is 14.3. The van der Waals surface area contributed by atoms with Crippen LogP contribution in [-0.4, -0.2) is 26.0 Å². The first kappa shape index (κ1) is 19.7. The third-order valence-electron chi connectivity index (χ3n) is 3.80. The lowest BCUT2D eigenvalue weighted by molar-refractivity contribution is -0.385. The van der Waals surface area contributed by atoms with Gasteiger partial charge in [-0.15, -0.1) is 0 Å². The molecule has 0 aliphatic rings. The molecular formula is C17H13F3N4O3S. The minimum Gasteiger partial charge on any atom is -0.333 e. The molecule has 28 heavy (non-hydrogen) atoms. The van der Waals surface area contributed by atoms with E-state index in [2.05, 4.69) is 15.3 Å². The topological polar surface area (TPSA) is 101 Å². The number of aromatic amines is 1. The number of nitro benzene ring substituents is 1. The van der Waals surface area contributed by atoms with Gasteiger partial charge in [0, 0.05) is 12.1 Å². The number of rotatable bonds is 5. The van der Waals surface area contributed by atoms with Crippen LogP contribution >= 0.6 is 11.8 Å². The molecule has 11 heteroatoms. The van der Waals surface area contributed by atoms with Crippen molar-refractivity contribution in [3.05, 3.63) is 58.1 Å². The van der Waals surface area contributed by atoms with E-state index in [4.69, 9.17) is 0 Å². The first-order valence-electron chi connectivity index (χ1n) is 7.93. The Hall–Kier alpha value is -3.08. The lowest BCUT2D eigenvalue weighted by Crippen LogP contribution is -2.24. The fourth-order valence-electron chi connectivity index (χ4n) is 2.43. The van der Waals surface area contributed by atoms with Crippen molar-refractivity contribution in [1.82, 2.24) is 9.97 Å². The maximum absolute atomic E-state index is 13.2. The van der Waals surface area contributed by atoms with Crippen molar-refractivity contribution in [3.63, 3.8) is 0 Å². The van der Waals surface area contributed by atoms with Gasteiger partial charge in [-0.05, 0) is 25.1 Å². The predicted octanol–water partition coefficient (Wildman–Crippen LogP) is 4.61. The molecule has 1 atom stereocenters. The predicted molar refractivity (Wildman–Crippen MR) is 98.1 cm³/mol. The van der Waals surface area contributed by atoms with Crippen molar-refractivity contribution in [2.45, 2.75) is 23.5 Å². The molecule has 3 rings (SSSR count). The maximum atomic E-state index is 13.2. The summed E-state index contributed by atoms with van der Waals surface area (Å²) >= 11 is 1.05. The molecule has 2 N–H and O–H groups in total. The molecule has 3 aromatic rings. The summed E-state index contributed by atoms with van der Waals surface area (Å²) < 4.78 is 39.6. The molecule has 0 fully saturated rings. The minimum atomic E-state index is -4.86. The first-order chi connectivity index (χ1) is 13.1. The van der Waals surface area contributed by atoms with E-state index in [1.807, 2.05) is 12.1 Å². The zero-order chi connectivity index (χ0) is 20.5. The number of carbonyl (C=O) groups is 1. The van der Waals surface area contributed by atoms with E-state index >= 15 is 0 Å². The second-order valence-electron chi connectivity index (χ2n) is 5.79. The summed E-state index contributed by atoms with van der Waals surface area (Å²) in [6.07, 6.45) is -4.86. The highest BCUT2D eigenvalue weighted by Crippen LogP contribution is 2.37. The number of hydrogen-bond donors (Lipinski definition) is 2. The number of nitro groups is 1.